The van der Waals surface area contributed by atoms with Gasteiger partial charge in [-0.1, -0.05) is 47.5 Å². The van der Waals surface area contributed by atoms with E-state index in [1.165, 1.54) is 35.7 Å². The minimum atomic E-state index is -3.90. The summed E-state index contributed by atoms with van der Waals surface area (Å²) in [5, 5.41) is 0.703. The zero-order valence-electron chi connectivity index (χ0n) is 21.4. The molecule has 2 aromatic carbocycles. The molecule has 0 bridgehead atoms. The van der Waals surface area contributed by atoms with Crippen molar-refractivity contribution in [2.45, 2.75) is 42.7 Å². The molecule has 0 radical (unpaired) electrons. The SMILES string of the molecule is COc1cc([C@@H](COC(=O)[C@@H]2CCCN2S(=O)(=O)c2ccccc2)Cc2c(Cl)c[nH+]cc2Cl)ccc1OC(F)F. The standard InChI is InChI=1S/C27H26Cl2F2N2O6S/c1-37-25-13-17(9-10-24(25)39-27(30)31)18(12-20-21(28)14-32-15-22(20)29)16-38-26(34)23-8-5-11-33(23)40(35,36)19-6-3-2-4-7-19/h2-4,6-7,9-10,13-15,18,23,27H,5,8,11-12,16H2,1H3/p+1/t18-,23+/m1/s1. The lowest BCUT2D eigenvalue weighted by molar-refractivity contribution is -0.377. The molecule has 3 aromatic rings. The van der Waals surface area contributed by atoms with Crippen LogP contribution in [0.3, 0.4) is 0 Å². The van der Waals surface area contributed by atoms with Gasteiger partial charge in [0.05, 0.1) is 18.6 Å². The normalized spacial score (nSPS) is 16.6. The van der Waals surface area contributed by atoms with E-state index in [1.54, 1.807) is 36.7 Å². The van der Waals surface area contributed by atoms with Crippen molar-refractivity contribution in [3.8, 4) is 11.5 Å². The van der Waals surface area contributed by atoms with Gasteiger partial charge in [-0.2, -0.15) is 13.1 Å². The van der Waals surface area contributed by atoms with Crippen molar-refractivity contribution in [3.63, 3.8) is 0 Å². The van der Waals surface area contributed by atoms with Crippen molar-refractivity contribution in [3.05, 3.63) is 82.1 Å². The number of sulfonamides is 1. The maximum atomic E-state index is 13.2. The number of carbonyl (C=O) groups excluding carboxylic acids is 1. The molecule has 13 heteroatoms. The van der Waals surface area contributed by atoms with E-state index < -0.39 is 34.6 Å². The molecule has 4 rings (SSSR count). The Balaban J connectivity index is 1.59. The number of nitrogens with zero attached hydrogens (tertiary/aromatic N) is 1. The van der Waals surface area contributed by atoms with Gasteiger partial charge in [0, 0.05) is 18.0 Å². The highest BCUT2D eigenvalue weighted by Crippen LogP contribution is 2.36. The highest BCUT2D eigenvalue weighted by molar-refractivity contribution is 7.89. The minimum Gasteiger partial charge on any atom is -0.493 e. The highest BCUT2D eigenvalue weighted by atomic mass is 35.5. The van der Waals surface area contributed by atoms with Crippen LogP contribution in [0.4, 0.5) is 8.78 Å². The van der Waals surface area contributed by atoms with Crippen molar-refractivity contribution in [1.82, 2.24) is 4.31 Å². The minimum absolute atomic E-state index is 0.0589. The van der Waals surface area contributed by atoms with Gasteiger partial charge in [-0.05, 0) is 49.1 Å². The summed E-state index contributed by atoms with van der Waals surface area (Å²) in [6.45, 7) is -3.02. The molecule has 1 saturated heterocycles. The Morgan fingerprint density at radius 1 is 1.10 bits per heavy atom. The Hall–Kier alpha value is -2.99. The maximum Gasteiger partial charge on any atom is 0.387 e. The summed E-state index contributed by atoms with van der Waals surface area (Å²) < 4.78 is 68.7. The molecule has 1 fully saturated rings. The number of benzene rings is 2. The number of hydrogen-bond acceptors (Lipinski definition) is 6. The second-order valence-corrected chi connectivity index (χ2v) is 11.7. The summed E-state index contributed by atoms with van der Waals surface area (Å²) in [6, 6.07) is 11.3. The van der Waals surface area contributed by atoms with Gasteiger partial charge in [0.15, 0.2) is 23.9 Å². The molecule has 214 valence electrons. The first kappa shape index (κ1) is 30.0. The molecule has 1 aliphatic heterocycles. The number of esters is 1. The van der Waals surface area contributed by atoms with Gasteiger partial charge >= 0.3 is 12.6 Å². The fourth-order valence-corrected chi connectivity index (χ4v) is 6.79. The summed E-state index contributed by atoms with van der Waals surface area (Å²) in [6.07, 6.45) is 4.14. The summed E-state index contributed by atoms with van der Waals surface area (Å²) in [7, 11) is -2.59. The molecule has 2 atom stereocenters. The quantitative estimate of drug-likeness (QED) is 0.277. The van der Waals surface area contributed by atoms with Crippen LogP contribution in [0, 0.1) is 0 Å². The van der Waals surface area contributed by atoms with Crippen LogP contribution in [0.15, 0.2) is 65.8 Å². The van der Waals surface area contributed by atoms with E-state index >= 15 is 0 Å². The molecule has 0 unspecified atom stereocenters. The number of H-pyrrole nitrogens is 1. The largest absolute Gasteiger partial charge is 0.493 e. The zero-order valence-corrected chi connectivity index (χ0v) is 23.7. The third kappa shape index (κ3) is 6.83. The number of ether oxygens (including phenoxy) is 3. The predicted molar refractivity (Wildman–Crippen MR) is 143 cm³/mol. The Morgan fingerprint density at radius 3 is 2.45 bits per heavy atom. The first-order valence-corrected chi connectivity index (χ1v) is 14.5. The van der Waals surface area contributed by atoms with Gasteiger partial charge < -0.3 is 14.2 Å². The number of methoxy groups -OCH3 is 1. The number of hydrogen-bond donors (Lipinski definition) is 0. The predicted octanol–water partition coefficient (Wildman–Crippen LogP) is 5.14. The molecular weight excluding hydrogens is 589 g/mol. The highest BCUT2D eigenvalue weighted by Gasteiger charge is 2.40. The Labute approximate surface area is 240 Å². The van der Waals surface area contributed by atoms with E-state index in [0.29, 0.717) is 34.0 Å². The first-order valence-electron chi connectivity index (χ1n) is 12.3. The van der Waals surface area contributed by atoms with E-state index in [9.17, 15) is 22.0 Å². The Kier molecular flexibility index (Phi) is 9.83. The third-order valence-corrected chi connectivity index (χ3v) is 9.17. The van der Waals surface area contributed by atoms with Gasteiger partial charge in [0.25, 0.3) is 0 Å². The smallest absolute Gasteiger partial charge is 0.387 e. The summed E-state index contributed by atoms with van der Waals surface area (Å²) in [5.41, 5.74) is 1.15. The number of alkyl halides is 2. The summed E-state index contributed by atoms with van der Waals surface area (Å²) >= 11 is 12.7. The molecule has 1 N–H and O–H groups in total. The molecule has 8 nitrogen and oxygen atoms in total. The van der Waals surface area contributed by atoms with E-state index in [1.807, 2.05) is 0 Å². The fraction of sp³-hybridized carbons (Fsp3) is 0.333. The first-order chi connectivity index (χ1) is 19.1. The zero-order chi connectivity index (χ0) is 28.9. The van der Waals surface area contributed by atoms with Crippen molar-refractivity contribution in [2.24, 2.45) is 0 Å². The van der Waals surface area contributed by atoms with E-state index in [-0.39, 0.29) is 36.0 Å². The molecule has 0 amide bonds. The number of pyridine rings is 1. The number of aromatic amines is 1. The second kappa shape index (κ2) is 13.1. The third-order valence-electron chi connectivity index (χ3n) is 6.57. The lowest BCUT2D eigenvalue weighted by atomic mass is 9.92. The van der Waals surface area contributed by atoms with Gasteiger partial charge in [0.2, 0.25) is 10.0 Å². The maximum absolute atomic E-state index is 13.2. The number of halogens is 4. The lowest BCUT2D eigenvalue weighted by Gasteiger charge is -2.24. The molecule has 2 heterocycles. The monoisotopic (exact) mass is 615 g/mol. The van der Waals surface area contributed by atoms with Crippen molar-refractivity contribution < 1.29 is 41.2 Å². The summed E-state index contributed by atoms with van der Waals surface area (Å²) in [4.78, 5) is 16.2. The second-order valence-electron chi connectivity index (χ2n) is 9.04. The van der Waals surface area contributed by atoms with E-state index in [2.05, 4.69) is 9.72 Å². The van der Waals surface area contributed by atoms with Gasteiger partial charge in [-0.25, -0.2) is 13.4 Å². The molecule has 1 aliphatic rings. The molecule has 1 aromatic heterocycles. The average Bonchev–Trinajstić information content (AvgIpc) is 3.44. The summed E-state index contributed by atoms with van der Waals surface area (Å²) in [5.74, 6) is -1.33. The number of carbonyl (C=O) groups is 1. The fourth-order valence-electron chi connectivity index (χ4n) is 4.59. The van der Waals surface area contributed by atoms with Crippen LogP contribution in [0.1, 0.15) is 29.9 Å². The van der Waals surface area contributed by atoms with Crippen molar-refractivity contribution in [2.75, 3.05) is 20.3 Å². The van der Waals surface area contributed by atoms with Crippen molar-refractivity contribution >= 4 is 39.2 Å². The molecule has 0 aliphatic carbocycles. The van der Waals surface area contributed by atoms with Gasteiger partial charge in [-0.3, -0.25) is 4.79 Å². The molecule has 40 heavy (non-hydrogen) atoms. The van der Waals surface area contributed by atoms with Crippen molar-refractivity contribution in [1.29, 1.82) is 0 Å². The van der Waals surface area contributed by atoms with Crippen LogP contribution in [0.25, 0.3) is 0 Å². The van der Waals surface area contributed by atoms with Crippen LogP contribution >= 0.6 is 23.2 Å². The van der Waals surface area contributed by atoms with Crippen LogP contribution in [-0.2, 0) is 26.0 Å². The van der Waals surface area contributed by atoms with Crippen LogP contribution in [0.2, 0.25) is 10.0 Å². The lowest BCUT2D eigenvalue weighted by Crippen LogP contribution is -2.41. The Morgan fingerprint density at radius 2 is 1.80 bits per heavy atom. The van der Waals surface area contributed by atoms with Gasteiger partial charge in [-0.15, -0.1) is 0 Å². The number of nitrogens with one attached hydrogen (secondary N) is 1. The van der Waals surface area contributed by atoms with E-state index in [4.69, 9.17) is 32.7 Å². The molecule has 0 saturated carbocycles. The van der Waals surface area contributed by atoms with Gasteiger partial charge in [0.1, 0.15) is 16.1 Å². The van der Waals surface area contributed by atoms with Crippen LogP contribution in [0.5, 0.6) is 11.5 Å². The number of rotatable bonds is 11. The average molecular weight is 616 g/mol. The van der Waals surface area contributed by atoms with E-state index in [0.717, 1.165) is 0 Å². The van der Waals surface area contributed by atoms with Crippen LogP contribution in [-0.4, -0.2) is 51.6 Å². The Bertz CT molecular complexity index is 1430. The topological polar surface area (TPSA) is 96.3 Å². The number of aromatic nitrogens is 1. The molecular formula is C27H27Cl2F2N2O6S+. The van der Waals surface area contributed by atoms with Crippen LogP contribution < -0.4 is 14.5 Å². The molecule has 0 spiro atoms.